The maximum atomic E-state index is 10.7. The Morgan fingerprint density at radius 2 is 2.14 bits per heavy atom. The second-order valence-corrected chi connectivity index (χ2v) is 6.16. The van der Waals surface area contributed by atoms with Crippen LogP contribution in [0.2, 0.25) is 0 Å². The summed E-state index contributed by atoms with van der Waals surface area (Å²) >= 11 is 12.6. The molecule has 0 heterocycles. The molecular weight excluding hydrogens is 223 g/mol. The number of hydrogen-bond donors (Lipinski definition) is 0. The molecule has 0 aliphatic heterocycles. The minimum absolute atomic E-state index is 0.110. The number of ether oxygens (including phenoxy) is 1. The number of halogens is 2. The lowest BCUT2D eigenvalue weighted by molar-refractivity contribution is -0.141. The molecule has 2 nitrogen and oxygen atoms in total. The smallest absolute Gasteiger partial charge is 0.302 e. The van der Waals surface area contributed by atoms with E-state index in [9.17, 15) is 4.79 Å². The fourth-order valence-electron chi connectivity index (χ4n) is 3.30. The number of hydrogen-bond acceptors (Lipinski definition) is 2. The predicted octanol–water partition coefficient (Wildman–Crippen LogP) is 2.52. The second-order valence-electron chi connectivity index (χ2n) is 4.83. The molecule has 4 heteroatoms. The molecule has 0 aromatic rings. The average Bonchev–Trinajstić information content (AvgIpc) is 2.95. The van der Waals surface area contributed by atoms with Crippen LogP contribution >= 0.6 is 23.2 Å². The molecule has 14 heavy (non-hydrogen) atoms. The Morgan fingerprint density at radius 3 is 2.57 bits per heavy atom. The van der Waals surface area contributed by atoms with Gasteiger partial charge in [-0.15, -0.1) is 23.2 Å². The average molecular weight is 235 g/mol. The SMILES string of the molecule is CC(=O)OC[C@H]1C[C@]12C(Cl)(Cl)C21CC1. The zero-order valence-corrected chi connectivity index (χ0v) is 9.49. The van der Waals surface area contributed by atoms with Crippen LogP contribution in [0.15, 0.2) is 0 Å². The van der Waals surface area contributed by atoms with E-state index in [-0.39, 0.29) is 16.8 Å². The van der Waals surface area contributed by atoms with Gasteiger partial charge in [-0.05, 0) is 19.3 Å². The van der Waals surface area contributed by atoms with Crippen LogP contribution in [0.1, 0.15) is 26.2 Å². The normalized spacial score (nSPS) is 43.8. The lowest BCUT2D eigenvalue weighted by Gasteiger charge is -1.99. The summed E-state index contributed by atoms with van der Waals surface area (Å²) in [5.41, 5.74) is 0.312. The highest BCUT2D eigenvalue weighted by molar-refractivity contribution is 6.53. The molecule has 0 N–H and O–H groups in total. The zero-order chi connectivity index (χ0) is 10.2. The second kappa shape index (κ2) is 2.25. The number of rotatable bonds is 2. The fourth-order valence-corrected chi connectivity index (χ4v) is 4.75. The molecule has 0 aromatic heterocycles. The zero-order valence-electron chi connectivity index (χ0n) is 7.98. The van der Waals surface area contributed by atoms with Gasteiger partial charge in [0, 0.05) is 23.7 Å². The van der Waals surface area contributed by atoms with Crippen LogP contribution < -0.4 is 0 Å². The molecular formula is C10H12Cl2O2. The standard InChI is InChI=1S/C10H12Cl2O2/c1-6(13)14-5-7-4-9(7)8(2-3-8)10(9,11)12/h7H,2-5H2,1H3/t7-,9+/m1/s1. The van der Waals surface area contributed by atoms with Gasteiger partial charge in [0.15, 0.2) is 0 Å². The van der Waals surface area contributed by atoms with Gasteiger partial charge in [-0.1, -0.05) is 0 Å². The molecule has 0 aromatic carbocycles. The van der Waals surface area contributed by atoms with Crippen molar-refractivity contribution in [1.29, 1.82) is 0 Å². The molecule has 0 unspecified atom stereocenters. The van der Waals surface area contributed by atoms with Crippen molar-refractivity contribution in [1.82, 2.24) is 0 Å². The first kappa shape index (κ1) is 9.29. The third kappa shape index (κ3) is 0.758. The van der Waals surface area contributed by atoms with Crippen molar-refractivity contribution >= 4 is 29.2 Å². The summed E-state index contributed by atoms with van der Waals surface area (Å²) in [5.74, 6) is 0.191. The van der Waals surface area contributed by atoms with Gasteiger partial charge in [0.2, 0.25) is 0 Å². The van der Waals surface area contributed by atoms with Gasteiger partial charge >= 0.3 is 5.97 Å². The maximum Gasteiger partial charge on any atom is 0.302 e. The molecule has 3 aliphatic carbocycles. The lowest BCUT2D eigenvalue weighted by Crippen LogP contribution is -2.05. The van der Waals surface area contributed by atoms with Crippen molar-refractivity contribution in [3.8, 4) is 0 Å². The molecule has 0 saturated heterocycles. The van der Waals surface area contributed by atoms with Crippen LogP contribution in [-0.2, 0) is 9.53 Å². The van der Waals surface area contributed by atoms with Gasteiger partial charge in [-0.2, -0.15) is 0 Å². The lowest BCUT2D eigenvalue weighted by atomic mass is 10.2. The van der Waals surface area contributed by atoms with Crippen molar-refractivity contribution < 1.29 is 9.53 Å². The van der Waals surface area contributed by atoms with Gasteiger partial charge in [-0.25, -0.2) is 0 Å². The molecule has 78 valence electrons. The van der Waals surface area contributed by atoms with E-state index < -0.39 is 4.33 Å². The molecule has 2 spiro atoms. The Hall–Kier alpha value is 0.0500. The van der Waals surface area contributed by atoms with E-state index >= 15 is 0 Å². The summed E-state index contributed by atoms with van der Waals surface area (Å²) in [6.07, 6.45) is 3.33. The van der Waals surface area contributed by atoms with Crippen LogP contribution in [0.25, 0.3) is 0 Å². The van der Waals surface area contributed by atoms with Crippen molar-refractivity contribution in [2.24, 2.45) is 16.7 Å². The van der Waals surface area contributed by atoms with E-state index in [1.165, 1.54) is 6.92 Å². The molecule has 3 rings (SSSR count). The van der Waals surface area contributed by atoms with Crippen LogP contribution in [0.4, 0.5) is 0 Å². The Kier molecular flexibility index (Phi) is 1.49. The molecule has 0 radical (unpaired) electrons. The summed E-state index contributed by atoms with van der Waals surface area (Å²) in [6, 6.07) is 0. The van der Waals surface area contributed by atoms with Crippen molar-refractivity contribution in [2.45, 2.75) is 30.5 Å². The third-order valence-corrected chi connectivity index (χ3v) is 5.69. The van der Waals surface area contributed by atoms with Gasteiger partial charge < -0.3 is 4.74 Å². The molecule has 2 atom stereocenters. The highest BCUT2D eigenvalue weighted by Crippen LogP contribution is 2.99. The minimum atomic E-state index is -0.523. The highest BCUT2D eigenvalue weighted by atomic mass is 35.5. The fraction of sp³-hybridized carbons (Fsp3) is 0.900. The Labute approximate surface area is 92.9 Å². The predicted molar refractivity (Wildman–Crippen MR) is 53.3 cm³/mol. The van der Waals surface area contributed by atoms with Crippen molar-refractivity contribution in [2.75, 3.05) is 6.61 Å². The van der Waals surface area contributed by atoms with E-state index in [0.717, 1.165) is 19.3 Å². The minimum Gasteiger partial charge on any atom is -0.466 e. The molecule has 0 amide bonds. The van der Waals surface area contributed by atoms with Crippen molar-refractivity contribution in [3.05, 3.63) is 0 Å². The van der Waals surface area contributed by atoms with Crippen LogP contribution in [0.5, 0.6) is 0 Å². The van der Waals surface area contributed by atoms with Gasteiger partial charge in [-0.3, -0.25) is 4.79 Å². The topological polar surface area (TPSA) is 26.3 Å². The summed E-state index contributed by atoms with van der Waals surface area (Å²) in [5, 5.41) is 0. The quantitative estimate of drug-likeness (QED) is 0.543. The number of alkyl halides is 2. The Bertz CT molecular complexity index is 316. The van der Waals surface area contributed by atoms with E-state index in [0.29, 0.717) is 12.5 Å². The highest BCUT2D eigenvalue weighted by Gasteiger charge is 2.98. The first-order valence-corrected chi connectivity index (χ1v) is 5.75. The number of esters is 1. The molecule has 3 saturated carbocycles. The third-order valence-electron chi connectivity index (χ3n) is 4.30. The summed E-state index contributed by atoms with van der Waals surface area (Å²) < 4.78 is 4.48. The Morgan fingerprint density at radius 1 is 1.50 bits per heavy atom. The summed E-state index contributed by atoms with van der Waals surface area (Å²) in [7, 11) is 0. The summed E-state index contributed by atoms with van der Waals surface area (Å²) in [6.45, 7) is 1.93. The van der Waals surface area contributed by atoms with Crippen LogP contribution in [-0.4, -0.2) is 16.9 Å². The van der Waals surface area contributed by atoms with E-state index in [2.05, 4.69) is 0 Å². The first-order valence-electron chi connectivity index (χ1n) is 4.99. The number of carbonyl (C=O) groups is 1. The monoisotopic (exact) mass is 234 g/mol. The van der Waals surface area contributed by atoms with E-state index in [1.807, 2.05) is 0 Å². The van der Waals surface area contributed by atoms with Crippen LogP contribution in [0.3, 0.4) is 0 Å². The van der Waals surface area contributed by atoms with Gasteiger partial charge in [0.25, 0.3) is 0 Å². The molecule has 0 bridgehead atoms. The Balaban J connectivity index is 1.66. The van der Waals surface area contributed by atoms with E-state index in [1.54, 1.807) is 0 Å². The maximum absolute atomic E-state index is 10.7. The number of carbonyl (C=O) groups excluding carboxylic acids is 1. The van der Waals surface area contributed by atoms with Crippen LogP contribution in [0, 0.1) is 16.7 Å². The van der Waals surface area contributed by atoms with E-state index in [4.69, 9.17) is 27.9 Å². The number of fused-ring (bicyclic) bond motifs is 1. The van der Waals surface area contributed by atoms with Crippen molar-refractivity contribution in [3.63, 3.8) is 0 Å². The van der Waals surface area contributed by atoms with Gasteiger partial charge in [0.05, 0.1) is 6.61 Å². The first-order chi connectivity index (χ1) is 6.48. The summed E-state index contributed by atoms with van der Waals surface area (Å²) in [4.78, 5) is 10.7. The molecule has 3 aliphatic rings. The molecule has 3 fully saturated rings. The van der Waals surface area contributed by atoms with Gasteiger partial charge in [0.1, 0.15) is 4.33 Å². The largest absolute Gasteiger partial charge is 0.466 e.